The highest BCUT2D eigenvalue weighted by atomic mass is 16.5. The second-order valence-corrected chi connectivity index (χ2v) is 5.80. The number of ether oxygens (including phenoxy) is 1. The quantitative estimate of drug-likeness (QED) is 0.794. The van der Waals surface area contributed by atoms with E-state index in [1.807, 2.05) is 0 Å². The van der Waals surface area contributed by atoms with Gasteiger partial charge in [0.1, 0.15) is 0 Å². The first-order valence-electron chi connectivity index (χ1n) is 7.27. The van der Waals surface area contributed by atoms with Crippen molar-refractivity contribution >= 4 is 0 Å². The first-order valence-corrected chi connectivity index (χ1v) is 7.27. The zero-order chi connectivity index (χ0) is 12.1. The van der Waals surface area contributed by atoms with Gasteiger partial charge in [-0.15, -0.1) is 0 Å². The lowest BCUT2D eigenvalue weighted by Crippen LogP contribution is -2.43. The van der Waals surface area contributed by atoms with Crippen LogP contribution in [0.5, 0.6) is 0 Å². The molecule has 2 fully saturated rings. The molecule has 100 valence electrons. The molecule has 1 aliphatic carbocycles. The second kappa shape index (κ2) is 6.72. The summed E-state index contributed by atoms with van der Waals surface area (Å²) in [5.41, 5.74) is 0. The lowest BCUT2D eigenvalue weighted by Gasteiger charge is -2.34. The van der Waals surface area contributed by atoms with Crippen LogP contribution < -0.4 is 5.32 Å². The summed E-state index contributed by atoms with van der Waals surface area (Å²) >= 11 is 0. The molecule has 17 heavy (non-hydrogen) atoms. The highest BCUT2D eigenvalue weighted by molar-refractivity contribution is 4.82. The number of hydrogen-bond acceptors (Lipinski definition) is 3. The second-order valence-electron chi connectivity index (χ2n) is 5.80. The molecule has 3 heteroatoms. The van der Waals surface area contributed by atoms with Crippen LogP contribution in [-0.4, -0.2) is 50.8 Å². The van der Waals surface area contributed by atoms with Crippen molar-refractivity contribution in [3.05, 3.63) is 0 Å². The monoisotopic (exact) mass is 240 g/mol. The molecule has 1 N–H and O–H groups in total. The Morgan fingerprint density at radius 3 is 2.65 bits per heavy atom. The molecule has 0 aromatic rings. The summed E-state index contributed by atoms with van der Waals surface area (Å²) in [4.78, 5) is 2.48. The van der Waals surface area contributed by atoms with E-state index in [1.54, 1.807) is 0 Å². The first kappa shape index (κ1) is 13.3. The van der Waals surface area contributed by atoms with Gasteiger partial charge in [0.15, 0.2) is 0 Å². The van der Waals surface area contributed by atoms with Crippen LogP contribution >= 0.6 is 0 Å². The molecule has 0 amide bonds. The molecule has 1 saturated carbocycles. The molecular formula is C14H28N2O. The molecule has 0 radical (unpaired) electrons. The maximum Gasteiger partial charge on any atom is 0.0702 e. The van der Waals surface area contributed by atoms with Crippen LogP contribution in [-0.2, 0) is 4.74 Å². The van der Waals surface area contributed by atoms with Gasteiger partial charge in [0.05, 0.1) is 6.10 Å². The van der Waals surface area contributed by atoms with Gasteiger partial charge in [0.2, 0.25) is 0 Å². The van der Waals surface area contributed by atoms with E-state index in [2.05, 4.69) is 24.3 Å². The highest BCUT2D eigenvalue weighted by Crippen LogP contribution is 2.25. The van der Waals surface area contributed by atoms with Gasteiger partial charge < -0.3 is 15.0 Å². The van der Waals surface area contributed by atoms with E-state index in [4.69, 9.17) is 4.74 Å². The average Bonchev–Trinajstić information content (AvgIpc) is 2.82. The summed E-state index contributed by atoms with van der Waals surface area (Å²) in [6.07, 6.45) is 8.56. The first-order chi connectivity index (χ1) is 8.29. The SMILES string of the molecule is CNC1CCCCC1CN(C)CC1CCCO1. The van der Waals surface area contributed by atoms with E-state index < -0.39 is 0 Å². The Balaban J connectivity index is 1.73. The smallest absolute Gasteiger partial charge is 0.0702 e. The Bertz CT molecular complexity index is 216. The molecular weight excluding hydrogens is 212 g/mol. The van der Waals surface area contributed by atoms with Crippen molar-refractivity contribution < 1.29 is 4.74 Å². The average molecular weight is 240 g/mol. The van der Waals surface area contributed by atoms with Crippen molar-refractivity contribution in [2.75, 3.05) is 33.8 Å². The molecule has 3 nitrogen and oxygen atoms in total. The van der Waals surface area contributed by atoms with E-state index in [9.17, 15) is 0 Å². The summed E-state index contributed by atoms with van der Waals surface area (Å²) in [5, 5.41) is 3.50. The third kappa shape index (κ3) is 3.94. The Kier molecular flexibility index (Phi) is 5.26. The lowest BCUT2D eigenvalue weighted by atomic mass is 9.84. The predicted molar refractivity (Wildman–Crippen MR) is 71.3 cm³/mol. The van der Waals surface area contributed by atoms with Crippen molar-refractivity contribution in [1.82, 2.24) is 10.2 Å². The molecule has 0 bridgehead atoms. The summed E-state index contributed by atoms with van der Waals surface area (Å²) < 4.78 is 5.71. The third-order valence-electron chi connectivity index (χ3n) is 4.37. The summed E-state index contributed by atoms with van der Waals surface area (Å²) in [5.74, 6) is 0.833. The van der Waals surface area contributed by atoms with E-state index in [0.717, 1.165) is 25.1 Å². The van der Waals surface area contributed by atoms with Crippen molar-refractivity contribution in [2.45, 2.75) is 50.7 Å². The highest BCUT2D eigenvalue weighted by Gasteiger charge is 2.26. The molecule has 0 aromatic heterocycles. The van der Waals surface area contributed by atoms with Crippen molar-refractivity contribution in [3.8, 4) is 0 Å². The fraction of sp³-hybridized carbons (Fsp3) is 1.00. The van der Waals surface area contributed by atoms with Gasteiger partial charge in [-0.2, -0.15) is 0 Å². The molecule has 1 heterocycles. The molecule has 1 aliphatic heterocycles. The third-order valence-corrected chi connectivity index (χ3v) is 4.37. The summed E-state index contributed by atoms with van der Waals surface area (Å²) in [6, 6.07) is 0.732. The zero-order valence-corrected chi connectivity index (χ0v) is 11.5. The van der Waals surface area contributed by atoms with Gasteiger partial charge in [0, 0.05) is 25.7 Å². The van der Waals surface area contributed by atoms with Crippen LogP contribution in [0.4, 0.5) is 0 Å². The lowest BCUT2D eigenvalue weighted by molar-refractivity contribution is 0.0714. The van der Waals surface area contributed by atoms with Crippen molar-refractivity contribution in [3.63, 3.8) is 0 Å². The van der Waals surface area contributed by atoms with Crippen molar-refractivity contribution in [2.24, 2.45) is 5.92 Å². The van der Waals surface area contributed by atoms with Crippen LogP contribution in [0.15, 0.2) is 0 Å². The van der Waals surface area contributed by atoms with Crippen molar-refractivity contribution in [1.29, 1.82) is 0 Å². The molecule has 3 unspecified atom stereocenters. The van der Waals surface area contributed by atoms with Crippen LogP contribution in [0.3, 0.4) is 0 Å². The molecule has 1 saturated heterocycles. The van der Waals surface area contributed by atoms with E-state index in [0.29, 0.717) is 6.10 Å². The minimum Gasteiger partial charge on any atom is -0.377 e. The van der Waals surface area contributed by atoms with Crippen LogP contribution in [0.2, 0.25) is 0 Å². The fourth-order valence-electron chi connectivity index (χ4n) is 3.42. The number of nitrogens with zero attached hydrogens (tertiary/aromatic N) is 1. The number of hydrogen-bond donors (Lipinski definition) is 1. The summed E-state index contributed by atoms with van der Waals surface area (Å²) in [6.45, 7) is 3.32. The van der Waals surface area contributed by atoms with Gasteiger partial charge in [-0.25, -0.2) is 0 Å². The normalized spacial score (nSPS) is 34.4. The van der Waals surface area contributed by atoms with Gasteiger partial charge in [-0.05, 0) is 45.7 Å². The molecule has 0 spiro atoms. The van der Waals surface area contributed by atoms with Gasteiger partial charge in [-0.1, -0.05) is 12.8 Å². The Labute approximate surface area is 106 Å². The predicted octanol–water partition coefficient (Wildman–Crippen LogP) is 1.88. The minimum absolute atomic E-state index is 0.497. The van der Waals surface area contributed by atoms with Crippen LogP contribution in [0.1, 0.15) is 38.5 Å². The van der Waals surface area contributed by atoms with Crippen LogP contribution in [0.25, 0.3) is 0 Å². The number of nitrogens with one attached hydrogen (secondary N) is 1. The standard InChI is InChI=1S/C14H28N2O/c1-15-14-8-4-3-6-12(14)10-16(2)11-13-7-5-9-17-13/h12-15H,3-11H2,1-2H3. The fourth-order valence-corrected chi connectivity index (χ4v) is 3.42. The molecule has 2 aliphatic rings. The summed E-state index contributed by atoms with van der Waals surface area (Å²) in [7, 11) is 4.37. The maximum absolute atomic E-state index is 5.71. The Hall–Kier alpha value is -0.120. The van der Waals surface area contributed by atoms with Crippen LogP contribution in [0, 0.1) is 5.92 Å². The Morgan fingerprint density at radius 2 is 1.94 bits per heavy atom. The number of rotatable bonds is 5. The van der Waals surface area contributed by atoms with E-state index in [-0.39, 0.29) is 0 Å². The van der Waals surface area contributed by atoms with Gasteiger partial charge >= 0.3 is 0 Å². The minimum atomic E-state index is 0.497. The maximum atomic E-state index is 5.71. The van der Waals surface area contributed by atoms with Gasteiger partial charge in [0.25, 0.3) is 0 Å². The molecule has 2 rings (SSSR count). The zero-order valence-electron chi connectivity index (χ0n) is 11.5. The van der Waals surface area contributed by atoms with Gasteiger partial charge in [-0.3, -0.25) is 0 Å². The molecule has 0 aromatic carbocycles. The number of likely N-dealkylation sites (N-methyl/N-ethyl adjacent to an activating group) is 1. The Morgan fingerprint density at radius 1 is 1.12 bits per heavy atom. The molecule has 3 atom stereocenters. The largest absolute Gasteiger partial charge is 0.377 e. The van der Waals surface area contributed by atoms with E-state index in [1.165, 1.54) is 45.1 Å². The van der Waals surface area contributed by atoms with E-state index >= 15 is 0 Å². The topological polar surface area (TPSA) is 24.5 Å².